The van der Waals surface area contributed by atoms with Gasteiger partial charge in [-0.3, -0.25) is 14.9 Å². The molecule has 1 aliphatic rings. The van der Waals surface area contributed by atoms with E-state index in [0.29, 0.717) is 9.13 Å². The molecule has 0 saturated carbocycles. The number of hydrogen-bond donors (Lipinski definition) is 1. The van der Waals surface area contributed by atoms with Crippen LogP contribution in [-0.2, 0) is 19.7 Å². The maximum absolute atomic E-state index is 13.2. The molecular formula is C24H15Cl2IN2O7S. The van der Waals surface area contributed by atoms with Crippen molar-refractivity contribution < 1.29 is 31.7 Å². The fourth-order valence-corrected chi connectivity index (χ4v) is 5.49. The molecule has 0 aliphatic carbocycles. The van der Waals surface area contributed by atoms with Crippen LogP contribution in [0, 0.1) is 3.57 Å². The first-order valence-electron chi connectivity index (χ1n) is 10.3. The van der Waals surface area contributed by atoms with Crippen LogP contribution in [-0.4, -0.2) is 33.4 Å². The van der Waals surface area contributed by atoms with Gasteiger partial charge in [-0.2, -0.15) is 8.42 Å². The molecule has 0 atom stereocenters. The van der Waals surface area contributed by atoms with Crippen LogP contribution in [0.5, 0.6) is 11.5 Å². The van der Waals surface area contributed by atoms with E-state index in [1.165, 1.54) is 55.7 Å². The van der Waals surface area contributed by atoms with Crippen molar-refractivity contribution in [3.05, 3.63) is 85.4 Å². The van der Waals surface area contributed by atoms with Gasteiger partial charge >= 0.3 is 16.1 Å². The van der Waals surface area contributed by atoms with Crippen molar-refractivity contribution in [2.24, 2.45) is 0 Å². The fraction of sp³-hybridized carbons (Fsp3) is 0.0417. The number of benzene rings is 3. The summed E-state index contributed by atoms with van der Waals surface area (Å²) in [6.07, 6.45) is 1.24. The van der Waals surface area contributed by atoms with Gasteiger partial charge < -0.3 is 8.92 Å². The summed E-state index contributed by atoms with van der Waals surface area (Å²) in [6, 6.07) is 13.6. The number of nitrogens with one attached hydrogen (secondary N) is 1. The van der Waals surface area contributed by atoms with Gasteiger partial charge in [-0.15, -0.1) is 0 Å². The number of halogens is 3. The number of amides is 4. The smallest absolute Gasteiger partial charge is 0.339 e. The minimum absolute atomic E-state index is 0.0411. The van der Waals surface area contributed by atoms with E-state index in [4.69, 9.17) is 32.1 Å². The van der Waals surface area contributed by atoms with Crippen molar-refractivity contribution >= 4 is 85.5 Å². The third-order valence-corrected chi connectivity index (χ3v) is 7.83. The van der Waals surface area contributed by atoms with E-state index in [9.17, 15) is 22.8 Å². The molecule has 0 aromatic heterocycles. The van der Waals surface area contributed by atoms with Gasteiger partial charge in [0, 0.05) is 0 Å². The maximum Gasteiger partial charge on any atom is 0.339 e. The summed E-state index contributed by atoms with van der Waals surface area (Å²) < 4.78 is 36.4. The maximum atomic E-state index is 13.2. The zero-order valence-electron chi connectivity index (χ0n) is 18.7. The van der Waals surface area contributed by atoms with Gasteiger partial charge in [-0.1, -0.05) is 41.4 Å². The van der Waals surface area contributed by atoms with Crippen LogP contribution in [0.4, 0.5) is 10.5 Å². The molecule has 13 heteroatoms. The number of ether oxygens (including phenoxy) is 1. The Labute approximate surface area is 235 Å². The number of barbiturate groups is 1. The summed E-state index contributed by atoms with van der Waals surface area (Å²) in [5, 5.41) is 2.45. The lowest BCUT2D eigenvalue weighted by Crippen LogP contribution is -2.54. The number of nitrogens with zero attached hydrogens (tertiary/aromatic N) is 1. The van der Waals surface area contributed by atoms with Gasteiger partial charge in [0.1, 0.15) is 10.5 Å². The average molecular weight is 673 g/mol. The third kappa shape index (κ3) is 5.59. The molecule has 0 radical (unpaired) electrons. The molecular weight excluding hydrogens is 658 g/mol. The zero-order valence-corrected chi connectivity index (χ0v) is 23.2. The molecule has 0 spiro atoms. The Morgan fingerprint density at radius 2 is 1.68 bits per heavy atom. The van der Waals surface area contributed by atoms with Crippen molar-refractivity contribution in [1.29, 1.82) is 0 Å². The molecule has 37 heavy (non-hydrogen) atoms. The Balaban J connectivity index is 1.71. The Hall–Kier alpha value is -3.13. The second-order valence-corrected chi connectivity index (χ2v) is 11.0. The number of anilines is 1. The quantitative estimate of drug-likeness (QED) is 0.169. The van der Waals surface area contributed by atoms with E-state index in [0.717, 1.165) is 4.90 Å². The topological polar surface area (TPSA) is 119 Å². The molecule has 0 bridgehead atoms. The Morgan fingerprint density at radius 1 is 0.973 bits per heavy atom. The van der Waals surface area contributed by atoms with Crippen LogP contribution in [0.1, 0.15) is 5.56 Å². The predicted octanol–water partition coefficient (Wildman–Crippen LogP) is 5.04. The highest BCUT2D eigenvalue weighted by atomic mass is 127. The highest BCUT2D eigenvalue weighted by Crippen LogP contribution is 2.37. The number of rotatable bonds is 6. The van der Waals surface area contributed by atoms with Crippen molar-refractivity contribution in [3.63, 3.8) is 0 Å². The van der Waals surface area contributed by atoms with E-state index in [-0.39, 0.29) is 37.7 Å². The molecule has 1 fully saturated rings. The molecule has 3 aromatic rings. The van der Waals surface area contributed by atoms with Gasteiger partial charge in [-0.25, -0.2) is 9.69 Å². The Morgan fingerprint density at radius 3 is 2.32 bits per heavy atom. The first-order chi connectivity index (χ1) is 17.5. The monoisotopic (exact) mass is 672 g/mol. The van der Waals surface area contributed by atoms with Crippen LogP contribution < -0.4 is 19.1 Å². The lowest BCUT2D eigenvalue weighted by Gasteiger charge is -2.26. The standard InChI is InChI=1S/C24H15Cl2IN2O7S/c1-35-20-11-13(10-19(27)21(20)36-37(33,34)15-5-3-2-4-6-15)9-16-22(30)28-24(32)29(23(16)31)14-7-8-17(25)18(26)12-14/h2-12H,1H3,(H,28,30,32)/b16-9+. The van der Waals surface area contributed by atoms with Gasteiger partial charge in [0.05, 0.1) is 26.4 Å². The van der Waals surface area contributed by atoms with E-state index in [1.54, 1.807) is 18.2 Å². The molecule has 4 rings (SSSR count). The van der Waals surface area contributed by atoms with E-state index >= 15 is 0 Å². The van der Waals surface area contributed by atoms with Gasteiger partial charge in [0.25, 0.3) is 11.8 Å². The molecule has 1 N–H and O–H groups in total. The molecule has 4 amide bonds. The lowest BCUT2D eigenvalue weighted by atomic mass is 10.1. The fourth-order valence-electron chi connectivity index (χ4n) is 3.33. The summed E-state index contributed by atoms with van der Waals surface area (Å²) >= 11 is 13.8. The van der Waals surface area contributed by atoms with Crippen molar-refractivity contribution in [2.45, 2.75) is 4.90 Å². The van der Waals surface area contributed by atoms with Crippen molar-refractivity contribution in [1.82, 2.24) is 5.32 Å². The summed E-state index contributed by atoms with van der Waals surface area (Å²) in [5.74, 6) is -1.83. The molecule has 3 aromatic carbocycles. The minimum atomic E-state index is -4.16. The first-order valence-corrected chi connectivity index (χ1v) is 13.5. The van der Waals surface area contributed by atoms with Gasteiger partial charge in [0.15, 0.2) is 11.5 Å². The number of imide groups is 2. The average Bonchev–Trinajstić information content (AvgIpc) is 2.85. The summed E-state index contributed by atoms with van der Waals surface area (Å²) in [6.45, 7) is 0. The number of hydrogen-bond acceptors (Lipinski definition) is 7. The van der Waals surface area contributed by atoms with Crippen molar-refractivity contribution in [3.8, 4) is 11.5 Å². The minimum Gasteiger partial charge on any atom is -0.493 e. The molecule has 1 heterocycles. The van der Waals surface area contributed by atoms with E-state index in [2.05, 4.69) is 5.32 Å². The second kappa shape index (κ2) is 10.7. The molecule has 1 aliphatic heterocycles. The Kier molecular flexibility index (Phi) is 7.78. The van der Waals surface area contributed by atoms with E-state index in [1.807, 2.05) is 22.6 Å². The largest absolute Gasteiger partial charge is 0.493 e. The molecule has 0 unspecified atom stereocenters. The predicted molar refractivity (Wildman–Crippen MR) is 145 cm³/mol. The third-order valence-electron chi connectivity index (χ3n) is 5.05. The van der Waals surface area contributed by atoms with Crippen LogP contribution in [0.2, 0.25) is 10.0 Å². The number of carbonyl (C=O) groups is 3. The van der Waals surface area contributed by atoms with Crippen LogP contribution in [0.3, 0.4) is 0 Å². The number of carbonyl (C=O) groups excluding carboxylic acids is 3. The summed E-state index contributed by atoms with van der Waals surface area (Å²) in [7, 11) is -2.85. The lowest BCUT2D eigenvalue weighted by molar-refractivity contribution is -0.122. The summed E-state index contributed by atoms with van der Waals surface area (Å²) in [4.78, 5) is 38.8. The Bertz CT molecular complexity index is 1580. The highest BCUT2D eigenvalue weighted by molar-refractivity contribution is 14.1. The van der Waals surface area contributed by atoms with E-state index < -0.39 is 28.0 Å². The van der Waals surface area contributed by atoms with Crippen molar-refractivity contribution in [2.75, 3.05) is 12.0 Å². The SMILES string of the molecule is COc1cc(/C=C2\C(=O)NC(=O)N(c3ccc(Cl)c(Cl)c3)C2=O)cc(I)c1OS(=O)(=O)c1ccccc1. The molecule has 190 valence electrons. The molecule has 9 nitrogen and oxygen atoms in total. The van der Waals surface area contributed by atoms with Crippen LogP contribution in [0.15, 0.2) is 71.1 Å². The second-order valence-electron chi connectivity index (χ2n) is 7.44. The first kappa shape index (κ1) is 26.9. The summed E-state index contributed by atoms with van der Waals surface area (Å²) in [5.41, 5.74) is 0.0686. The normalized spacial score (nSPS) is 15.1. The molecule has 1 saturated heterocycles. The van der Waals surface area contributed by atoms with Crippen LogP contribution in [0.25, 0.3) is 6.08 Å². The van der Waals surface area contributed by atoms with Gasteiger partial charge in [0.2, 0.25) is 0 Å². The zero-order chi connectivity index (χ0) is 26.9. The number of methoxy groups -OCH3 is 1. The van der Waals surface area contributed by atoms with Gasteiger partial charge in [-0.05, 0) is 76.7 Å². The highest BCUT2D eigenvalue weighted by Gasteiger charge is 2.37. The van der Waals surface area contributed by atoms with Crippen LogP contribution >= 0.6 is 45.8 Å². The number of urea groups is 1.